The second-order valence-corrected chi connectivity index (χ2v) is 4.55. The Labute approximate surface area is 115 Å². The van der Waals surface area contributed by atoms with Crippen LogP contribution in [0.25, 0.3) is 11.0 Å². The van der Waals surface area contributed by atoms with Gasteiger partial charge in [0.05, 0.1) is 29.2 Å². The van der Waals surface area contributed by atoms with Crippen LogP contribution >= 0.6 is 0 Å². The molecule has 1 atom stereocenters. The molecule has 0 radical (unpaired) electrons. The van der Waals surface area contributed by atoms with Crippen molar-refractivity contribution >= 4 is 16.9 Å². The van der Waals surface area contributed by atoms with Crippen LogP contribution in [0.3, 0.4) is 0 Å². The fourth-order valence-electron chi connectivity index (χ4n) is 1.91. The normalized spacial score (nSPS) is 12.2. The molecule has 4 nitrogen and oxygen atoms in total. The third-order valence-electron chi connectivity index (χ3n) is 2.99. The lowest BCUT2D eigenvalue weighted by Gasteiger charge is -2.22. The number of rotatable bonds is 4. The maximum absolute atomic E-state index is 13.2. The highest BCUT2D eigenvalue weighted by molar-refractivity contribution is 5.75. The molecule has 0 saturated heterocycles. The summed E-state index contributed by atoms with van der Waals surface area (Å²) >= 11 is 0. The molecule has 1 aromatic carbocycles. The highest BCUT2D eigenvalue weighted by Crippen LogP contribution is 2.19. The number of fused-ring (bicyclic) bond motifs is 1. The molecule has 2 aromatic rings. The number of benzene rings is 1. The van der Waals surface area contributed by atoms with Gasteiger partial charge in [0, 0.05) is 25.2 Å². The quantitative estimate of drug-likeness (QED) is 0.861. The summed E-state index contributed by atoms with van der Waals surface area (Å²) in [6, 6.07) is 4.21. The summed E-state index contributed by atoms with van der Waals surface area (Å²) in [5, 5.41) is 8.86. The lowest BCUT2D eigenvalue weighted by Crippen LogP contribution is -2.28. The van der Waals surface area contributed by atoms with Crippen LogP contribution in [0.15, 0.2) is 18.3 Å². The Bertz CT molecular complexity index is 666. The summed E-state index contributed by atoms with van der Waals surface area (Å²) in [4.78, 5) is 10.3. The van der Waals surface area contributed by atoms with E-state index in [-0.39, 0.29) is 5.92 Å². The van der Waals surface area contributed by atoms with Crippen LogP contribution in [0.2, 0.25) is 0 Å². The molecule has 0 aliphatic rings. The first-order chi connectivity index (χ1) is 9.55. The fourth-order valence-corrected chi connectivity index (χ4v) is 1.91. The molecule has 1 aromatic heterocycles. The van der Waals surface area contributed by atoms with Crippen molar-refractivity contribution in [3.8, 4) is 6.07 Å². The van der Waals surface area contributed by atoms with Crippen LogP contribution in [0.1, 0.15) is 13.8 Å². The summed E-state index contributed by atoms with van der Waals surface area (Å²) in [5.74, 6) is -1.49. The Morgan fingerprint density at radius 3 is 2.55 bits per heavy atom. The van der Waals surface area contributed by atoms with E-state index in [2.05, 4.69) is 16.0 Å². The summed E-state index contributed by atoms with van der Waals surface area (Å²) < 4.78 is 26.3. The average Bonchev–Trinajstić information content (AvgIpc) is 2.45. The largest absolute Gasteiger partial charge is 0.354 e. The van der Waals surface area contributed by atoms with E-state index in [0.29, 0.717) is 29.9 Å². The van der Waals surface area contributed by atoms with Gasteiger partial charge in [0.1, 0.15) is 5.82 Å². The number of anilines is 1. The van der Waals surface area contributed by atoms with Gasteiger partial charge in [-0.1, -0.05) is 0 Å². The predicted octanol–water partition coefficient (Wildman–Crippen LogP) is 2.89. The Hall–Kier alpha value is -2.29. The van der Waals surface area contributed by atoms with Gasteiger partial charge < -0.3 is 4.90 Å². The van der Waals surface area contributed by atoms with E-state index in [1.165, 1.54) is 6.20 Å². The zero-order valence-corrected chi connectivity index (χ0v) is 11.3. The summed E-state index contributed by atoms with van der Waals surface area (Å²) in [6.45, 7) is 4.90. The number of nitrogens with zero attached hydrogens (tertiary/aromatic N) is 4. The molecule has 104 valence electrons. The van der Waals surface area contributed by atoms with E-state index in [1.807, 2.05) is 18.7 Å². The van der Waals surface area contributed by atoms with Gasteiger partial charge in [-0.2, -0.15) is 5.26 Å². The molecule has 1 heterocycles. The van der Waals surface area contributed by atoms with Gasteiger partial charge in [0.2, 0.25) is 0 Å². The molecular formula is C14H14F2N4. The van der Waals surface area contributed by atoms with E-state index in [1.54, 1.807) is 0 Å². The summed E-state index contributed by atoms with van der Waals surface area (Å²) in [5.41, 5.74) is 0.599. The maximum Gasteiger partial charge on any atom is 0.161 e. The second kappa shape index (κ2) is 5.78. The van der Waals surface area contributed by atoms with Gasteiger partial charge in [-0.05, 0) is 13.8 Å². The Balaban J connectivity index is 2.39. The molecule has 20 heavy (non-hydrogen) atoms. The molecule has 0 amide bonds. The van der Waals surface area contributed by atoms with Crippen molar-refractivity contribution in [2.24, 2.45) is 5.92 Å². The van der Waals surface area contributed by atoms with Crippen molar-refractivity contribution < 1.29 is 8.78 Å². The Morgan fingerprint density at radius 2 is 1.95 bits per heavy atom. The SMILES string of the molecule is CCN(CC(C)C#N)c1cnc2cc(F)c(F)cc2n1. The number of halogens is 2. The fraction of sp³-hybridized carbons (Fsp3) is 0.357. The van der Waals surface area contributed by atoms with Gasteiger partial charge in [-0.25, -0.2) is 13.8 Å². The van der Waals surface area contributed by atoms with Crippen LogP contribution in [0.4, 0.5) is 14.6 Å². The van der Waals surface area contributed by atoms with E-state index < -0.39 is 11.6 Å². The molecule has 0 fully saturated rings. The lowest BCUT2D eigenvalue weighted by atomic mass is 10.2. The first kappa shape index (κ1) is 14.1. The topological polar surface area (TPSA) is 52.8 Å². The molecule has 2 rings (SSSR count). The molecule has 0 spiro atoms. The third-order valence-corrected chi connectivity index (χ3v) is 2.99. The number of nitriles is 1. The van der Waals surface area contributed by atoms with Crippen LogP contribution in [0, 0.1) is 28.9 Å². The first-order valence-electron chi connectivity index (χ1n) is 6.31. The van der Waals surface area contributed by atoms with Gasteiger partial charge in [-0.15, -0.1) is 0 Å². The third kappa shape index (κ3) is 2.82. The molecule has 0 saturated carbocycles. The van der Waals surface area contributed by atoms with Crippen molar-refractivity contribution in [1.82, 2.24) is 9.97 Å². The van der Waals surface area contributed by atoms with Gasteiger partial charge in [0.15, 0.2) is 11.6 Å². The minimum atomic E-state index is -0.947. The first-order valence-corrected chi connectivity index (χ1v) is 6.31. The molecule has 0 aliphatic carbocycles. The number of hydrogen-bond donors (Lipinski definition) is 0. The molecule has 1 unspecified atom stereocenters. The minimum Gasteiger partial charge on any atom is -0.354 e. The van der Waals surface area contributed by atoms with Crippen LogP contribution < -0.4 is 4.90 Å². The van der Waals surface area contributed by atoms with E-state index in [4.69, 9.17) is 5.26 Å². The smallest absolute Gasteiger partial charge is 0.161 e. The van der Waals surface area contributed by atoms with Gasteiger partial charge >= 0.3 is 0 Å². The van der Waals surface area contributed by atoms with Gasteiger partial charge in [0.25, 0.3) is 0 Å². The predicted molar refractivity (Wildman–Crippen MR) is 72.1 cm³/mol. The summed E-state index contributed by atoms with van der Waals surface area (Å²) in [6.07, 6.45) is 1.51. The van der Waals surface area contributed by atoms with Crippen LogP contribution in [-0.4, -0.2) is 23.1 Å². The van der Waals surface area contributed by atoms with Crippen LogP contribution in [-0.2, 0) is 0 Å². The lowest BCUT2D eigenvalue weighted by molar-refractivity contribution is 0.510. The molecule has 0 aliphatic heterocycles. The molecule has 6 heteroatoms. The van der Waals surface area contributed by atoms with E-state index in [0.717, 1.165) is 12.1 Å². The monoisotopic (exact) mass is 276 g/mol. The average molecular weight is 276 g/mol. The second-order valence-electron chi connectivity index (χ2n) is 4.55. The molecule has 0 N–H and O–H groups in total. The van der Waals surface area contributed by atoms with Crippen molar-refractivity contribution in [2.45, 2.75) is 13.8 Å². The summed E-state index contributed by atoms with van der Waals surface area (Å²) in [7, 11) is 0. The van der Waals surface area contributed by atoms with Crippen molar-refractivity contribution in [2.75, 3.05) is 18.0 Å². The van der Waals surface area contributed by atoms with E-state index >= 15 is 0 Å². The minimum absolute atomic E-state index is 0.155. The van der Waals surface area contributed by atoms with Crippen molar-refractivity contribution in [3.63, 3.8) is 0 Å². The zero-order chi connectivity index (χ0) is 14.7. The van der Waals surface area contributed by atoms with Crippen LogP contribution in [0.5, 0.6) is 0 Å². The Kier molecular flexibility index (Phi) is 4.08. The van der Waals surface area contributed by atoms with Gasteiger partial charge in [-0.3, -0.25) is 4.98 Å². The number of aromatic nitrogens is 2. The zero-order valence-electron chi connectivity index (χ0n) is 11.3. The van der Waals surface area contributed by atoms with Crippen molar-refractivity contribution in [1.29, 1.82) is 5.26 Å². The molecular weight excluding hydrogens is 262 g/mol. The highest BCUT2D eigenvalue weighted by Gasteiger charge is 2.13. The Morgan fingerprint density at radius 1 is 1.30 bits per heavy atom. The van der Waals surface area contributed by atoms with Crippen molar-refractivity contribution in [3.05, 3.63) is 30.0 Å². The van der Waals surface area contributed by atoms with E-state index in [9.17, 15) is 8.78 Å². The number of hydrogen-bond acceptors (Lipinski definition) is 4. The maximum atomic E-state index is 13.2. The standard InChI is InChI=1S/C14H14F2N4/c1-3-20(8-9(2)6-17)14-7-18-12-4-10(15)11(16)5-13(12)19-14/h4-5,7,9H,3,8H2,1-2H3. The highest BCUT2D eigenvalue weighted by atomic mass is 19.2. The molecule has 0 bridgehead atoms.